The molecule has 0 radical (unpaired) electrons. The Morgan fingerprint density at radius 1 is 1.28 bits per heavy atom. The highest BCUT2D eigenvalue weighted by molar-refractivity contribution is 8.26. The summed E-state index contributed by atoms with van der Waals surface area (Å²) in [5, 5.41) is 0.310. The van der Waals surface area contributed by atoms with Crippen LogP contribution < -0.4 is 4.74 Å². The molecule has 1 heterocycles. The molecule has 0 aromatic heterocycles. The summed E-state index contributed by atoms with van der Waals surface area (Å²) in [7, 11) is 1.64. The lowest BCUT2D eigenvalue weighted by molar-refractivity contribution is -0.121. The first-order valence-corrected chi connectivity index (χ1v) is 8.94. The molecule has 1 aliphatic heterocycles. The minimum absolute atomic E-state index is 0.00883. The van der Waals surface area contributed by atoms with Crippen LogP contribution in [-0.2, 0) is 11.4 Å². The van der Waals surface area contributed by atoms with Crippen LogP contribution in [0.25, 0.3) is 6.08 Å². The van der Waals surface area contributed by atoms with Gasteiger partial charge in [-0.15, -0.1) is 0 Å². The van der Waals surface area contributed by atoms with Crippen molar-refractivity contribution >= 4 is 51.9 Å². The minimum Gasteiger partial charge on any atom is -0.488 e. The zero-order chi connectivity index (χ0) is 18.0. The van der Waals surface area contributed by atoms with Crippen LogP contribution in [0.15, 0.2) is 47.4 Å². The molecule has 25 heavy (non-hydrogen) atoms. The van der Waals surface area contributed by atoms with Crippen molar-refractivity contribution in [3.05, 3.63) is 69.3 Å². The van der Waals surface area contributed by atoms with Crippen LogP contribution in [0, 0.1) is 5.82 Å². The molecule has 128 valence electrons. The van der Waals surface area contributed by atoms with Crippen LogP contribution in [0.1, 0.15) is 11.1 Å². The van der Waals surface area contributed by atoms with Gasteiger partial charge < -0.3 is 4.74 Å². The molecular weight excluding hydrogens is 381 g/mol. The van der Waals surface area contributed by atoms with Crippen molar-refractivity contribution in [3.8, 4) is 5.75 Å². The molecule has 7 heteroatoms. The van der Waals surface area contributed by atoms with Gasteiger partial charge in [0.05, 0.1) is 9.93 Å². The fraction of sp³-hybridized carbons (Fsp3) is 0.111. The van der Waals surface area contributed by atoms with E-state index >= 15 is 0 Å². The van der Waals surface area contributed by atoms with E-state index in [1.54, 1.807) is 37.4 Å². The SMILES string of the molecule is CN1C(=O)/C(=C\c2ccccc2OCc2c(F)cccc2Cl)SC1=S. The number of thiocarbonyl (C=S) groups is 1. The Morgan fingerprint density at radius 3 is 2.72 bits per heavy atom. The van der Waals surface area contributed by atoms with Gasteiger partial charge in [0.1, 0.15) is 22.5 Å². The monoisotopic (exact) mass is 393 g/mol. The van der Waals surface area contributed by atoms with Crippen molar-refractivity contribution < 1.29 is 13.9 Å². The lowest BCUT2D eigenvalue weighted by atomic mass is 10.1. The van der Waals surface area contributed by atoms with Crippen LogP contribution >= 0.6 is 35.6 Å². The normalized spacial score (nSPS) is 16.0. The molecule has 0 N–H and O–H groups in total. The number of carbonyl (C=O) groups is 1. The summed E-state index contributed by atoms with van der Waals surface area (Å²) in [4.78, 5) is 14.1. The summed E-state index contributed by atoms with van der Waals surface area (Å²) < 4.78 is 20.1. The molecular formula is C18H13ClFNO2S2. The molecule has 3 rings (SSSR count). The van der Waals surface area contributed by atoms with Gasteiger partial charge in [0.25, 0.3) is 5.91 Å². The zero-order valence-electron chi connectivity index (χ0n) is 13.2. The number of thioether (sulfide) groups is 1. The lowest BCUT2D eigenvalue weighted by Gasteiger charge is -2.11. The maximum atomic E-state index is 13.9. The van der Waals surface area contributed by atoms with Gasteiger partial charge >= 0.3 is 0 Å². The number of rotatable bonds is 4. The van der Waals surface area contributed by atoms with Crippen molar-refractivity contribution in [2.45, 2.75) is 6.61 Å². The van der Waals surface area contributed by atoms with Gasteiger partial charge in [0, 0.05) is 18.2 Å². The Labute approximate surface area is 159 Å². The fourth-order valence-corrected chi connectivity index (χ4v) is 3.63. The van der Waals surface area contributed by atoms with E-state index < -0.39 is 5.82 Å². The van der Waals surface area contributed by atoms with E-state index in [9.17, 15) is 9.18 Å². The number of carbonyl (C=O) groups excluding carboxylic acids is 1. The van der Waals surface area contributed by atoms with Crippen molar-refractivity contribution in [1.29, 1.82) is 0 Å². The van der Waals surface area contributed by atoms with Crippen molar-refractivity contribution in [1.82, 2.24) is 4.90 Å². The molecule has 0 unspecified atom stereocenters. The summed E-state index contributed by atoms with van der Waals surface area (Å²) in [5.74, 6) is -0.0398. The standard InChI is InChI=1S/C18H13ClFNO2S2/c1-21-17(22)16(25-18(21)24)9-11-5-2-3-8-15(11)23-10-12-13(19)6-4-7-14(12)20/h2-9H,10H2,1H3/b16-9+. The number of nitrogens with zero attached hydrogens (tertiary/aromatic N) is 1. The maximum Gasteiger partial charge on any atom is 0.265 e. The predicted molar refractivity (Wildman–Crippen MR) is 103 cm³/mol. The van der Waals surface area contributed by atoms with Gasteiger partial charge in [-0.25, -0.2) is 4.39 Å². The summed E-state index contributed by atoms with van der Waals surface area (Å²) in [5.41, 5.74) is 1.00. The van der Waals surface area contributed by atoms with E-state index in [1.165, 1.54) is 22.7 Å². The first-order chi connectivity index (χ1) is 12.0. The third-order valence-corrected chi connectivity index (χ3v) is 5.46. The second-order valence-corrected chi connectivity index (χ2v) is 7.35. The molecule has 3 nitrogen and oxygen atoms in total. The molecule has 1 aliphatic rings. The first-order valence-electron chi connectivity index (χ1n) is 7.33. The Kier molecular flexibility index (Phi) is 5.42. The average Bonchev–Trinajstić information content (AvgIpc) is 2.83. The van der Waals surface area contributed by atoms with Gasteiger partial charge in [0.2, 0.25) is 0 Å². The quantitative estimate of drug-likeness (QED) is 0.546. The summed E-state index contributed by atoms with van der Waals surface area (Å²) in [6, 6.07) is 11.7. The topological polar surface area (TPSA) is 29.5 Å². The molecule has 0 saturated carbocycles. The molecule has 2 aromatic rings. The smallest absolute Gasteiger partial charge is 0.265 e. The van der Waals surface area contributed by atoms with E-state index in [-0.39, 0.29) is 12.5 Å². The van der Waals surface area contributed by atoms with Crippen molar-refractivity contribution in [2.75, 3.05) is 7.05 Å². The highest BCUT2D eigenvalue weighted by Gasteiger charge is 2.28. The Bertz CT molecular complexity index is 865. The van der Waals surface area contributed by atoms with Crippen molar-refractivity contribution in [3.63, 3.8) is 0 Å². The summed E-state index contributed by atoms with van der Waals surface area (Å²) in [6.07, 6.45) is 1.72. The molecule has 0 atom stereocenters. The molecule has 1 saturated heterocycles. The highest BCUT2D eigenvalue weighted by Crippen LogP contribution is 2.33. The van der Waals surface area contributed by atoms with Crippen LogP contribution in [0.5, 0.6) is 5.75 Å². The third kappa shape index (κ3) is 3.86. The average molecular weight is 394 g/mol. The molecule has 0 spiro atoms. The van der Waals surface area contributed by atoms with Crippen LogP contribution in [-0.4, -0.2) is 22.2 Å². The number of amides is 1. The first kappa shape index (κ1) is 17.9. The second kappa shape index (κ2) is 7.56. The lowest BCUT2D eigenvalue weighted by Crippen LogP contribution is -2.22. The number of likely N-dealkylation sites (N-methyl/N-ethyl adjacent to an activating group) is 1. The molecule has 0 aliphatic carbocycles. The molecule has 0 bridgehead atoms. The number of hydrogen-bond acceptors (Lipinski definition) is 4. The van der Waals surface area contributed by atoms with E-state index in [0.717, 1.165) is 0 Å². The Morgan fingerprint density at radius 2 is 2.04 bits per heavy atom. The zero-order valence-corrected chi connectivity index (χ0v) is 15.6. The minimum atomic E-state index is -0.420. The van der Waals surface area contributed by atoms with Crippen LogP contribution in [0.3, 0.4) is 0 Å². The molecule has 1 fully saturated rings. The van der Waals surface area contributed by atoms with Crippen LogP contribution in [0.4, 0.5) is 4.39 Å². The summed E-state index contributed by atoms with van der Waals surface area (Å²) >= 11 is 12.4. The predicted octanol–water partition coefficient (Wildman–Crippen LogP) is 4.89. The largest absolute Gasteiger partial charge is 0.488 e. The number of para-hydroxylation sites is 1. The van der Waals surface area contributed by atoms with Gasteiger partial charge in [-0.2, -0.15) is 0 Å². The second-order valence-electron chi connectivity index (χ2n) is 5.27. The highest BCUT2D eigenvalue weighted by atomic mass is 35.5. The van der Waals surface area contributed by atoms with E-state index in [2.05, 4.69) is 0 Å². The number of ether oxygens (including phenoxy) is 1. The van der Waals surface area contributed by atoms with Gasteiger partial charge in [-0.1, -0.05) is 59.8 Å². The fourth-order valence-electron chi connectivity index (χ4n) is 2.24. The van der Waals surface area contributed by atoms with Gasteiger partial charge in [0.15, 0.2) is 0 Å². The third-order valence-electron chi connectivity index (χ3n) is 3.63. The maximum absolute atomic E-state index is 13.9. The Hall–Kier alpha value is -1.89. The molecule has 2 aromatic carbocycles. The van der Waals surface area contributed by atoms with Gasteiger partial charge in [-0.3, -0.25) is 9.69 Å². The van der Waals surface area contributed by atoms with Crippen LogP contribution in [0.2, 0.25) is 5.02 Å². The number of hydrogen-bond donors (Lipinski definition) is 0. The van der Waals surface area contributed by atoms with E-state index in [1.807, 2.05) is 12.1 Å². The van der Waals surface area contributed by atoms with Crippen molar-refractivity contribution in [2.24, 2.45) is 0 Å². The van der Waals surface area contributed by atoms with E-state index in [4.69, 9.17) is 28.6 Å². The number of halogens is 2. The number of benzene rings is 2. The molecule has 1 amide bonds. The van der Waals surface area contributed by atoms with Gasteiger partial charge in [-0.05, 0) is 24.3 Å². The Balaban J connectivity index is 1.85. The van der Waals surface area contributed by atoms with E-state index in [0.29, 0.717) is 31.1 Å². The summed E-state index contributed by atoms with van der Waals surface area (Å²) in [6.45, 7) is -0.00883.